The number of pyridine rings is 1. The second-order valence-electron chi connectivity index (χ2n) is 6.27. The maximum Gasteiger partial charge on any atom is 0.274 e. The zero-order valence-electron chi connectivity index (χ0n) is 16.1. The number of amides is 2. The van der Waals surface area contributed by atoms with Crippen LogP contribution in [0.5, 0.6) is 0 Å². The van der Waals surface area contributed by atoms with E-state index in [0.29, 0.717) is 33.7 Å². The van der Waals surface area contributed by atoms with E-state index in [9.17, 15) is 9.59 Å². The number of carbonyl (C=O) groups excluding carboxylic acids is 2. The van der Waals surface area contributed by atoms with Gasteiger partial charge >= 0.3 is 0 Å². The number of nitrogens with zero attached hydrogens (tertiary/aromatic N) is 3. The van der Waals surface area contributed by atoms with E-state index < -0.39 is 5.91 Å². The molecule has 3 rings (SSSR count). The summed E-state index contributed by atoms with van der Waals surface area (Å²) in [5, 5.41) is 10.5. The molecule has 0 bridgehead atoms. The Hall–Kier alpha value is -2.90. The molecule has 2 amide bonds. The summed E-state index contributed by atoms with van der Waals surface area (Å²) in [6.45, 7) is 3.68. The Labute approximate surface area is 178 Å². The molecule has 0 aliphatic rings. The number of anilines is 1. The summed E-state index contributed by atoms with van der Waals surface area (Å²) in [6.07, 6.45) is 2.14. The van der Waals surface area contributed by atoms with Gasteiger partial charge in [-0.3, -0.25) is 9.59 Å². The number of benzene rings is 1. The molecule has 0 saturated carbocycles. The van der Waals surface area contributed by atoms with Crippen molar-refractivity contribution in [2.45, 2.75) is 20.3 Å². The molecule has 0 spiro atoms. The fourth-order valence-electron chi connectivity index (χ4n) is 2.94. The molecule has 0 saturated heterocycles. The van der Waals surface area contributed by atoms with Gasteiger partial charge in [-0.2, -0.15) is 5.10 Å². The van der Waals surface area contributed by atoms with E-state index in [0.717, 1.165) is 5.56 Å². The topological polar surface area (TPSA) is 88.9 Å². The van der Waals surface area contributed by atoms with Crippen LogP contribution in [0.4, 0.5) is 5.69 Å². The molecule has 0 atom stereocenters. The molecule has 150 valence electrons. The van der Waals surface area contributed by atoms with Crippen LogP contribution in [0.2, 0.25) is 10.0 Å². The highest BCUT2D eigenvalue weighted by Gasteiger charge is 2.22. The van der Waals surface area contributed by atoms with Crippen LogP contribution in [0.3, 0.4) is 0 Å². The van der Waals surface area contributed by atoms with Crippen LogP contribution in [0.1, 0.15) is 39.0 Å². The Morgan fingerprint density at radius 2 is 1.93 bits per heavy atom. The number of hydrogen-bond donors (Lipinski definition) is 2. The second kappa shape index (κ2) is 8.63. The van der Waals surface area contributed by atoms with E-state index in [1.807, 2.05) is 6.92 Å². The summed E-state index contributed by atoms with van der Waals surface area (Å²) in [5.41, 5.74) is 2.28. The third-order valence-corrected chi connectivity index (χ3v) is 4.79. The Bertz CT molecular complexity index is 1090. The van der Waals surface area contributed by atoms with Crippen molar-refractivity contribution >= 4 is 40.7 Å². The first-order valence-electron chi connectivity index (χ1n) is 8.89. The van der Waals surface area contributed by atoms with Crippen LogP contribution in [0.15, 0.2) is 36.5 Å². The van der Waals surface area contributed by atoms with Gasteiger partial charge in [0.15, 0.2) is 5.82 Å². The van der Waals surface area contributed by atoms with Crippen molar-refractivity contribution in [2.24, 2.45) is 0 Å². The van der Waals surface area contributed by atoms with Crippen LogP contribution >= 0.6 is 23.2 Å². The minimum absolute atomic E-state index is 0.239. The van der Waals surface area contributed by atoms with E-state index in [2.05, 4.69) is 20.7 Å². The van der Waals surface area contributed by atoms with Crippen LogP contribution in [-0.2, 0) is 6.42 Å². The molecule has 2 heterocycles. The third-order valence-electron chi connectivity index (χ3n) is 4.28. The molecule has 29 heavy (non-hydrogen) atoms. The molecule has 0 fully saturated rings. The first kappa shape index (κ1) is 20.8. The van der Waals surface area contributed by atoms with Crippen molar-refractivity contribution in [1.82, 2.24) is 20.1 Å². The molecule has 0 radical (unpaired) electrons. The standard InChI is InChI=1S/C20H19Cl2N5O2/c1-4-12-9-13(21)10-14(19(28)23-3)17(12)25-20(29)16-8-11(2)26-27(16)18-15(22)6-5-7-24-18/h5-10H,4H2,1-3H3,(H,23,28)(H,25,29). The van der Waals surface area contributed by atoms with Gasteiger partial charge in [0, 0.05) is 18.3 Å². The smallest absolute Gasteiger partial charge is 0.274 e. The summed E-state index contributed by atoms with van der Waals surface area (Å²) in [7, 11) is 1.52. The zero-order chi connectivity index (χ0) is 21.1. The fourth-order valence-corrected chi connectivity index (χ4v) is 3.38. The van der Waals surface area contributed by atoms with Crippen LogP contribution in [0, 0.1) is 6.92 Å². The Morgan fingerprint density at radius 1 is 1.17 bits per heavy atom. The summed E-state index contributed by atoms with van der Waals surface area (Å²) in [4.78, 5) is 29.7. The van der Waals surface area contributed by atoms with Gasteiger partial charge in [-0.25, -0.2) is 9.67 Å². The molecule has 2 aromatic heterocycles. The molecule has 1 aromatic carbocycles. The number of nitrogens with one attached hydrogen (secondary N) is 2. The largest absolute Gasteiger partial charge is 0.355 e. The van der Waals surface area contributed by atoms with Crippen molar-refractivity contribution < 1.29 is 9.59 Å². The summed E-state index contributed by atoms with van der Waals surface area (Å²) in [5.74, 6) is -0.463. The summed E-state index contributed by atoms with van der Waals surface area (Å²) >= 11 is 12.4. The van der Waals surface area contributed by atoms with Gasteiger partial charge in [0.05, 0.1) is 22.0 Å². The summed E-state index contributed by atoms with van der Waals surface area (Å²) < 4.78 is 1.38. The maximum absolute atomic E-state index is 13.1. The second-order valence-corrected chi connectivity index (χ2v) is 7.11. The Kier molecular flexibility index (Phi) is 6.20. The normalized spacial score (nSPS) is 10.7. The van der Waals surface area contributed by atoms with Crippen LogP contribution < -0.4 is 10.6 Å². The van der Waals surface area contributed by atoms with Gasteiger partial charge in [0.1, 0.15) is 5.69 Å². The van der Waals surface area contributed by atoms with Crippen molar-refractivity contribution in [2.75, 3.05) is 12.4 Å². The van der Waals surface area contributed by atoms with Gasteiger partial charge in [0.2, 0.25) is 0 Å². The number of aryl methyl sites for hydroxylation is 2. The minimum atomic E-state index is -0.450. The molecule has 0 aliphatic heterocycles. The predicted octanol–water partition coefficient (Wildman–Crippen LogP) is 4.06. The van der Waals surface area contributed by atoms with Gasteiger partial charge in [0.25, 0.3) is 11.8 Å². The average Bonchev–Trinajstić information content (AvgIpc) is 3.10. The number of aromatic nitrogens is 3. The molecule has 3 aromatic rings. The third kappa shape index (κ3) is 4.26. The highest BCUT2D eigenvalue weighted by molar-refractivity contribution is 6.32. The van der Waals surface area contributed by atoms with E-state index in [1.165, 1.54) is 17.8 Å². The van der Waals surface area contributed by atoms with Crippen molar-refractivity contribution in [3.05, 3.63) is 69.1 Å². The van der Waals surface area contributed by atoms with Crippen LogP contribution in [-0.4, -0.2) is 33.6 Å². The van der Waals surface area contributed by atoms with E-state index in [1.54, 1.807) is 37.4 Å². The lowest BCUT2D eigenvalue weighted by Crippen LogP contribution is -2.24. The molecule has 9 heteroatoms. The molecule has 7 nitrogen and oxygen atoms in total. The number of hydrogen-bond acceptors (Lipinski definition) is 4. The maximum atomic E-state index is 13.1. The lowest BCUT2D eigenvalue weighted by atomic mass is 10.0. The molecular weight excluding hydrogens is 413 g/mol. The van der Waals surface area contributed by atoms with E-state index in [4.69, 9.17) is 23.2 Å². The molecule has 0 aliphatic carbocycles. The Morgan fingerprint density at radius 3 is 2.59 bits per heavy atom. The first-order valence-corrected chi connectivity index (χ1v) is 9.64. The van der Waals surface area contributed by atoms with Gasteiger partial charge in [-0.05, 0) is 49.2 Å². The lowest BCUT2D eigenvalue weighted by Gasteiger charge is -2.16. The van der Waals surface area contributed by atoms with Gasteiger partial charge in [-0.15, -0.1) is 0 Å². The van der Waals surface area contributed by atoms with Crippen molar-refractivity contribution in [3.63, 3.8) is 0 Å². The van der Waals surface area contributed by atoms with E-state index in [-0.39, 0.29) is 17.2 Å². The Balaban J connectivity index is 2.07. The molecule has 2 N–H and O–H groups in total. The highest BCUT2D eigenvalue weighted by Crippen LogP contribution is 2.28. The monoisotopic (exact) mass is 431 g/mol. The van der Waals surface area contributed by atoms with Gasteiger partial charge < -0.3 is 10.6 Å². The lowest BCUT2D eigenvalue weighted by molar-refractivity contribution is 0.0964. The zero-order valence-corrected chi connectivity index (χ0v) is 17.6. The SMILES string of the molecule is CCc1cc(Cl)cc(C(=O)NC)c1NC(=O)c1cc(C)nn1-c1ncccc1Cl. The quantitative estimate of drug-likeness (QED) is 0.637. The number of rotatable bonds is 5. The summed E-state index contributed by atoms with van der Waals surface area (Å²) in [6, 6.07) is 8.23. The average molecular weight is 432 g/mol. The first-order chi connectivity index (χ1) is 13.8. The minimum Gasteiger partial charge on any atom is -0.355 e. The molecular formula is C20H19Cl2N5O2. The number of halogens is 2. The van der Waals surface area contributed by atoms with Crippen molar-refractivity contribution in [1.29, 1.82) is 0 Å². The highest BCUT2D eigenvalue weighted by atomic mass is 35.5. The predicted molar refractivity (Wildman–Crippen MR) is 113 cm³/mol. The van der Waals surface area contributed by atoms with Crippen molar-refractivity contribution in [3.8, 4) is 5.82 Å². The van der Waals surface area contributed by atoms with Crippen LogP contribution in [0.25, 0.3) is 5.82 Å². The van der Waals surface area contributed by atoms with E-state index >= 15 is 0 Å². The van der Waals surface area contributed by atoms with Gasteiger partial charge in [-0.1, -0.05) is 30.1 Å². The molecule has 0 unspecified atom stereocenters. The number of carbonyl (C=O) groups is 2. The fraction of sp³-hybridized carbons (Fsp3) is 0.200.